The molecule has 0 fully saturated rings. The van der Waals surface area contributed by atoms with Crippen LogP contribution in [-0.2, 0) is 32.7 Å². The lowest BCUT2D eigenvalue weighted by molar-refractivity contribution is 0.242. The maximum atomic E-state index is 5.80. The Balaban J connectivity index is 1.09. The van der Waals surface area contributed by atoms with Gasteiger partial charge >= 0.3 is 0 Å². The number of aromatic nitrogens is 4. The molecule has 5 rings (SSSR count). The van der Waals surface area contributed by atoms with Crippen molar-refractivity contribution in [2.75, 3.05) is 26.2 Å². The SMILES string of the molecule is CC(C)Oc1ccc2[nH]c(CNCc3ccc(CN(CCNCc4ccccn4)CCNCc4ccccn4)cc3)nc2c1. The van der Waals surface area contributed by atoms with Crippen LogP contribution in [0.2, 0.25) is 0 Å². The van der Waals surface area contributed by atoms with E-state index in [1.54, 1.807) is 0 Å². The Morgan fingerprint density at radius 2 is 1.39 bits per heavy atom. The molecule has 0 radical (unpaired) electrons. The quantitative estimate of drug-likeness (QED) is 0.108. The predicted octanol–water partition coefficient (Wildman–Crippen LogP) is 4.81. The molecule has 44 heavy (non-hydrogen) atoms. The van der Waals surface area contributed by atoms with E-state index in [4.69, 9.17) is 9.72 Å². The molecule has 0 unspecified atom stereocenters. The number of nitrogens with zero attached hydrogens (tertiary/aromatic N) is 4. The van der Waals surface area contributed by atoms with E-state index in [9.17, 15) is 0 Å². The third-order valence-electron chi connectivity index (χ3n) is 7.20. The molecule has 2 aromatic carbocycles. The molecule has 3 aromatic heterocycles. The van der Waals surface area contributed by atoms with Crippen LogP contribution in [0.15, 0.2) is 91.3 Å². The predicted molar refractivity (Wildman–Crippen MR) is 176 cm³/mol. The summed E-state index contributed by atoms with van der Waals surface area (Å²) in [6, 6.07) is 27.0. The largest absolute Gasteiger partial charge is 0.491 e. The minimum atomic E-state index is 0.140. The minimum absolute atomic E-state index is 0.140. The van der Waals surface area contributed by atoms with Crippen LogP contribution in [0.1, 0.15) is 42.2 Å². The van der Waals surface area contributed by atoms with Crippen LogP contribution in [-0.4, -0.2) is 57.1 Å². The lowest BCUT2D eigenvalue weighted by Crippen LogP contribution is -2.36. The number of hydrogen-bond donors (Lipinski definition) is 4. The third-order valence-corrected chi connectivity index (χ3v) is 7.20. The molecule has 0 saturated heterocycles. The summed E-state index contributed by atoms with van der Waals surface area (Å²) >= 11 is 0. The van der Waals surface area contributed by atoms with Gasteiger partial charge in [0.25, 0.3) is 0 Å². The highest BCUT2D eigenvalue weighted by Gasteiger charge is 2.08. The molecule has 0 aliphatic heterocycles. The van der Waals surface area contributed by atoms with E-state index in [2.05, 4.69) is 72.2 Å². The van der Waals surface area contributed by atoms with E-state index in [1.807, 2.05) is 68.7 Å². The maximum Gasteiger partial charge on any atom is 0.121 e. The number of imidazole rings is 1. The van der Waals surface area contributed by atoms with Crippen LogP contribution in [0.3, 0.4) is 0 Å². The van der Waals surface area contributed by atoms with Gasteiger partial charge in [-0.2, -0.15) is 0 Å². The fourth-order valence-corrected chi connectivity index (χ4v) is 5.00. The van der Waals surface area contributed by atoms with Crippen molar-refractivity contribution in [3.63, 3.8) is 0 Å². The highest BCUT2D eigenvalue weighted by Crippen LogP contribution is 2.20. The molecule has 0 saturated carbocycles. The smallest absolute Gasteiger partial charge is 0.121 e. The molecule has 0 aliphatic rings. The first-order valence-corrected chi connectivity index (χ1v) is 15.5. The van der Waals surface area contributed by atoms with E-state index < -0.39 is 0 Å². The van der Waals surface area contributed by atoms with Crippen molar-refractivity contribution in [1.82, 2.24) is 40.8 Å². The van der Waals surface area contributed by atoms with Gasteiger partial charge in [-0.3, -0.25) is 14.9 Å². The zero-order valence-corrected chi connectivity index (χ0v) is 25.8. The van der Waals surface area contributed by atoms with Crippen molar-refractivity contribution in [3.05, 3.63) is 120 Å². The molecule has 230 valence electrons. The van der Waals surface area contributed by atoms with E-state index in [-0.39, 0.29) is 6.10 Å². The zero-order valence-electron chi connectivity index (χ0n) is 25.8. The molecule has 4 N–H and O–H groups in total. The number of aromatic amines is 1. The molecule has 0 bridgehead atoms. The van der Waals surface area contributed by atoms with Crippen molar-refractivity contribution in [2.24, 2.45) is 0 Å². The normalized spacial score (nSPS) is 11.5. The second-order valence-corrected chi connectivity index (χ2v) is 11.2. The van der Waals surface area contributed by atoms with Crippen LogP contribution >= 0.6 is 0 Å². The average Bonchev–Trinajstić information content (AvgIpc) is 3.45. The van der Waals surface area contributed by atoms with Gasteiger partial charge in [0.15, 0.2) is 0 Å². The van der Waals surface area contributed by atoms with Crippen molar-refractivity contribution in [3.8, 4) is 5.75 Å². The molecule has 0 amide bonds. The molecule has 0 spiro atoms. The van der Waals surface area contributed by atoms with Gasteiger partial charge in [0, 0.05) is 70.8 Å². The van der Waals surface area contributed by atoms with Crippen molar-refractivity contribution < 1.29 is 4.74 Å². The molecular weight excluding hydrogens is 548 g/mol. The van der Waals surface area contributed by atoms with Crippen molar-refractivity contribution in [1.29, 1.82) is 0 Å². The minimum Gasteiger partial charge on any atom is -0.491 e. The summed E-state index contributed by atoms with van der Waals surface area (Å²) in [6.45, 7) is 11.6. The van der Waals surface area contributed by atoms with Gasteiger partial charge < -0.3 is 25.7 Å². The fraction of sp³-hybridized carbons (Fsp3) is 0.343. The summed E-state index contributed by atoms with van der Waals surface area (Å²) < 4.78 is 5.80. The second-order valence-electron chi connectivity index (χ2n) is 11.2. The number of ether oxygens (including phenoxy) is 1. The summed E-state index contributed by atoms with van der Waals surface area (Å²) in [6.07, 6.45) is 3.82. The van der Waals surface area contributed by atoms with Crippen LogP contribution in [0.4, 0.5) is 0 Å². The molecule has 9 nitrogen and oxygen atoms in total. The van der Waals surface area contributed by atoms with Gasteiger partial charge in [0.1, 0.15) is 11.6 Å². The van der Waals surface area contributed by atoms with Crippen molar-refractivity contribution >= 4 is 11.0 Å². The Bertz CT molecular complexity index is 1480. The number of nitrogens with one attached hydrogen (secondary N) is 4. The third kappa shape index (κ3) is 10.2. The molecule has 9 heteroatoms. The number of pyridine rings is 2. The monoisotopic (exact) mass is 592 g/mol. The topological polar surface area (TPSA) is 103 Å². The Labute approximate surface area is 260 Å². The Hall–Kier alpha value is -4.15. The first kappa shape index (κ1) is 31.3. The summed E-state index contributed by atoms with van der Waals surface area (Å²) in [4.78, 5) is 19.5. The Morgan fingerprint density at radius 1 is 0.727 bits per heavy atom. The van der Waals surface area contributed by atoms with Gasteiger partial charge in [-0.05, 0) is 61.4 Å². The number of H-pyrrole nitrogens is 1. The average molecular weight is 593 g/mol. The number of hydrogen-bond acceptors (Lipinski definition) is 8. The number of rotatable bonds is 18. The highest BCUT2D eigenvalue weighted by molar-refractivity contribution is 5.76. The first-order chi connectivity index (χ1) is 21.6. The van der Waals surface area contributed by atoms with E-state index in [0.29, 0.717) is 6.54 Å². The van der Waals surface area contributed by atoms with Gasteiger partial charge in [-0.1, -0.05) is 36.4 Å². The lowest BCUT2D eigenvalue weighted by Gasteiger charge is -2.23. The Morgan fingerprint density at radius 3 is 2.00 bits per heavy atom. The molecule has 3 heterocycles. The van der Waals surface area contributed by atoms with Crippen LogP contribution in [0.5, 0.6) is 5.75 Å². The highest BCUT2D eigenvalue weighted by atomic mass is 16.5. The Kier molecular flexibility index (Phi) is 11.8. The lowest BCUT2D eigenvalue weighted by atomic mass is 10.1. The van der Waals surface area contributed by atoms with Gasteiger partial charge in [0.05, 0.1) is 35.1 Å². The summed E-state index contributed by atoms with van der Waals surface area (Å²) in [5, 5.41) is 10.6. The molecule has 5 aromatic rings. The summed E-state index contributed by atoms with van der Waals surface area (Å²) in [7, 11) is 0. The van der Waals surface area contributed by atoms with E-state index >= 15 is 0 Å². The molecule has 0 atom stereocenters. The van der Waals surface area contributed by atoms with Gasteiger partial charge in [-0.15, -0.1) is 0 Å². The number of fused-ring (bicyclic) bond motifs is 1. The summed E-state index contributed by atoms with van der Waals surface area (Å²) in [5.74, 6) is 1.76. The second kappa shape index (κ2) is 16.6. The number of benzene rings is 2. The van der Waals surface area contributed by atoms with Gasteiger partial charge in [-0.25, -0.2) is 4.98 Å². The molecular formula is C35H44N8O. The summed E-state index contributed by atoms with van der Waals surface area (Å²) in [5.41, 5.74) is 6.62. The van der Waals surface area contributed by atoms with Crippen LogP contribution in [0.25, 0.3) is 11.0 Å². The van der Waals surface area contributed by atoms with Crippen molar-refractivity contribution in [2.45, 2.75) is 52.7 Å². The maximum absolute atomic E-state index is 5.80. The fourth-order valence-electron chi connectivity index (χ4n) is 5.00. The van der Waals surface area contributed by atoms with Crippen LogP contribution in [0, 0.1) is 0 Å². The standard InChI is InChI=1S/C35H44N8O/c1-27(2)44-32-13-14-33-34(21-32)42-35(41-33)25-38-22-28-9-11-29(12-10-28)26-43(19-17-36-23-30-7-3-5-15-39-30)20-18-37-24-31-8-4-6-16-40-31/h3-16,21,27,36-38H,17-20,22-26H2,1-2H3,(H,41,42). The zero-order chi connectivity index (χ0) is 30.4. The van der Waals surface area contributed by atoms with E-state index in [0.717, 1.165) is 86.4 Å². The van der Waals surface area contributed by atoms with Crippen LogP contribution < -0.4 is 20.7 Å². The first-order valence-electron chi connectivity index (χ1n) is 15.5. The molecule has 0 aliphatic carbocycles. The van der Waals surface area contributed by atoms with Gasteiger partial charge in [0.2, 0.25) is 0 Å². The van der Waals surface area contributed by atoms with E-state index in [1.165, 1.54) is 11.1 Å².